The molecule has 17 heavy (non-hydrogen) atoms. The standard InChI is InChI=1S/C13H16FNOS/c1-13(2)6-3-7-15(13)12(16)9-4-5-10(14)11(17)8-9/h4-5,8,17H,3,6-7H2,1-2H3. The van der Waals surface area contributed by atoms with Crippen molar-refractivity contribution < 1.29 is 9.18 Å². The van der Waals surface area contributed by atoms with Gasteiger partial charge in [0.15, 0.2) is 0 Å². The molecule has 1 aliphatic heterocycles. The summed E-state index contributed by atoms with van der Waals surface area (Å²) >= 11 is 4.00. The SMILES string of the molecule is CC1(C)CCCN1C(=O)c1ccc(F)c(S)c1. The van der Waals surface area contributed by atoms with Crippen molar-refractivity contribution in [2.75, 3.05) is 6.54 Å². The van der Waals surface area contributed by atoms with Gasteiger partial charge in [0, 0.05) is 22.5 Å². The maximum absolute atomic E-state index is 13.1. The summed E-state index contributed by atoms with van der Waals surface area (Å²) in [7, 11) is 0. The van der Waals surface area contributed by atoms with E-state index in [1.54, 1.807) is 0 Å². The van der Waals surface area contributed by atoms with Crippen LogP contribution in [0.1, 0.15) is 37.0 Å². The zero-order valence-corrected chi connectivity index (χ0v) is 10.9. The Morgan fingerprint density at radius 1 is 1.47 bits per heavy atom. The summed E-state index contributed by atoms with van der Waals surface area (Å²) < 4.78 is 13.1. The summed E-state index contributed by atoms with van der Waals surface area (Å²) in [4.78, 5) is 14.4. The lowest BCUT2D eigenvalue weighted by molar-refractivity contribution is 0.0651. The molecule has 0 aliphatic carbocycles. The van der Waals surface area contributed by atoms with Gasteiger partial charge in [-0.05, 0) is 44.9 Å². The molecule has 2 rings (SSSR count). The fourth-order valence-corrected chi connectivity index (χ4v) is 2.50. The molecule has 1 saturated heterocycles. The van der Waals surface area contributed by atoms with E-state index in [1.807, 2.05) is 4.90 Å². The van der Waals surface area contributed by atoms with Crippen LogP contribution in [0.3, 0.4) is 0 Å². The molecule has 0 radical (unpaired) electrons. The average Bonchev–Trinajstić information content (AvgIpc) is 2.61. The second-order valence-electron chi connectivity index (χ2n) is 5.04. The zero-order valence-electron chi connectivity index (χ0n) is 10.0. The van der Waals surface area contributed by atoms with Gasteiger partial charge in [0.2, 0.25) is 0 Å². The summed E-state index contributed by atoms with van der Waals surface area (Å²) in [6.45, 7) is 4.89. The smallest absolute Gasteiger partial charge is 0.254 e. The van der Waals surface area contributed by atoms with Gasteiger partial charge in [0.1, 0.15) is 5.82 Å². The van der Waals surface area contributed by atoms with Crippen LogP contribution in [0.25, 0.3) is 0 Å². The van der Waals surface area contributed by atoms with Gasteiger partial charge >= 0.3 is 0 Å². The third kappa shape index (κ3) is 2.32. The van der Waals surface area contributed by atoms with Crippen molar-refractivity contribution in [3.05, 3.63) is 29.6 Å². The van der Waals surface area contributed by atoms with Gasteiger partial charge in [-0.25, -0.2) is 4.39 Å². The first-order valence-electron chi connectivity index (χ1n) is 5.72. The first-order valence-corrected chi connectivity index (χ1v) is 6.17. The van der Waals surface area contributed by atoms with Crippen molar-refractivity contribution in [1.82, 2.24) is 4.90 Å². The number of amides is 1. The molecular formula is C13H16FNOS. The van der Waals surface area contributed by atoms with E-state index < -0.39 is 5.82 Å². The largest absolute Gasteiger partial charge is 0.334 e. The van der Waals surface area contributed by atoms with Gasteiger partial charge in [0.05, 0.1) is 0 Å². The molecule has 92 valence electrons. The third-order valence-electron chi connectivity index (χ3n) is 3.34. The molecule has 4 heteroatoms. The minimum absolute atomic E-state index is 0.0391. The monoisotopic (exact) mass is 253 g/mol. The second kappa shape index (κ2) is 4.33. The molecule has 0 atom stereocenters. The molecule has 0 aromatic heterocycles. The number of carbonyl (C=O) groups excluding carboxylic acids is 1. The number of rotatable bonds is 1. The average molecular weight is 253 g/mol. The second-order valence-corrected chi connectivity index (χ2v) is 5.52. The summed E-state index contributed by atoms with van der Waals surface area (Å²) in [6, 6.07) is 4.31. The van der Waals surface area contributed by atoms with E-state index in [0.717, 1.165) is 19.4 Å². The molecule has 1 fully saturated rings. The number of carbonyl (C=O) groups is 1. The Labute approximate surface area is 106 Å². The van der Waals surface area contributed by atoms with E-state index in [4.69, 9.17) is 0 Å². The lowest BCUT2D eigenvalue weighted by Crippen LogP contribution is -2.42. The third-order valence-corrected chi connectivity index (χ3v) is 3.68. The first-order chi connectivity index (χ1) is 7.92. The first kappa shape index (κ1) is 12.4. The topological polar surface area (TPSA) is 20.3 Å². The van der Waals surface area contributed by atoms with Crippen molar-refractivity contribution >= 4 is 18.5 Å². The van der Waals surface area contributed by atoms with Crippen molar-refractivity contribution in [1.29, 1.82) is 0 Å². The lowest BCUT2D eigenvalue weighted by Gasteiger charge is -2.31. The summed E-state index contributed by atoms with van der Waals surface area (Å²) in [5.41, 5.74) is 0.397. The molecule has 1 aromatic rings. The molecule has 0 bridgehead atoms. The van der Waals surface area contributed by atoms with Crippen LogP contribution >= 0.6 is 12.6 Å². The molecule has 1 aliphatic rings. The van der Waals surface area contributed by atoms with E-state index in [9.17, 15) is 9.18 Å². The van der Waals surface area contributed by atoms with Crippen LogP contribution in [-0.4, -0.2) is 22.9 Å². The van der Waals surface area contributed by atoms with Crippen LogP contribution < -0.4 is 0 Å². The predicted octanol–water partition coefficient (Wildman–Crippen LogP) is 3.13. The van der Waals surface area contributed by atoms with Crippen LogP contribution in [0, 0.1) is 5.82 Å². The van der Waals surface area contributed by atoms with Crippen LogP contribution in [0.4, 0.5) is 4.39 Å². The Kier molecular flexibility index (Phi) is 3.17. The molecule has 0 unspecified atom stereocenters. The number of halogens is 1. The highest BCUT2D eigenvalue weighted by Crippen LogP contribution is 2.30. The Balaban J connectivity index is 2.28. The number of hydrogen-bond acceptors (Lipinski definition) is 2. The van der Waals surface area contributed by atoms with Crippen molar-refractivity contribution in [3.8, 4) is 0 Å². The van der Waals surface area contributed by atoms with E-state index in [-0.39, 0.29) is 16.3 Å². The van der Waals surface area contributed by atoms with Gasteiger partial charge in [-0.3, -0.25) is 4.79 Å². The predicted molar refractivity (Wildman–Crippen MR) is 68.0 cm³/mol. The molecular weight excluding hydrogens is 237 g/mol. The molecule has 0 saturated carbocycles. The lowest BCUT2D eigenvalue weighted by atomic mass is 10.0. The minimum Gasteiger partial charge on any atom is -0.334 e. The number of likely N-dealkylation sites (tertiary alicyclic amines) is 1. The number of thiol groups is 1. The van der Waals surface area contributed by atoms with Crippen molar-refractivity contribution in [3.63, 3.8) is 0 Å². The molecule has 1 heterocycles. The zero-order chi connectivity index (χ0) is 12.6. The molecule has 1 amide bonds. The normalized spacial score (nSPS) is 18.5. The van der Waals surface area contributed by atoms with Gasteiger partial charge in [-0.1, -0.05) is 0 Å². The van der Waals surface area contributed by atoms with Crippen LogP contribution in [0.5, 0.6) is 0 Å². The van der Waals surface area contributed by atoms with Gasteiger partial charge in [-0.15, -0.1) is 12.6 Å². The van der Waals surface area contributed by atoms with Crippen LogP contribution in [0.15, 0.2) is 23.1 Å². The molecule has 0 spiro atoms. The fraction of sp³-hybridized carbons (Fsp3) is 0.462. The van der Waals surface area contributed by atoms with Gasteiger partial charge < -0.3 is 4.90 Å². The quantitative estimate of drug-likeness (QED) is 0.762. The van der Waals surface area contributed by atoms with E-state index in [0.29, 0.717) is 5.56 Å². The number of benzene rings is 1. The maximum Gasteiger partial charge on any atom is 0.254 e. The van der Waals surface area contributed by atoms with Crippen LogP contribution in [-0.2, 0) is 0 Å². The Hall–Kier alpha value is -1.03. The molecule has 0 N–H and O–H groups in total. The highest BCUT2D eigenvalue weighted by Gasteiger charge is 2.35. The maximum atomic E-state index is 13.1. The Morgan fingerprint density at radius 2 is 2.18 bits per heavy atom. The summed E-state index contributed by atoms with van der Waals surface area (Å²) in [6.07, 6.45) is 2.03. The van der Waals surface area contributed by atoms with Crippen molar-refractivity contribution in [2.45, 2.75) is 37.1 Å². The summed E-state index contributed by atoms with van der Waals surface area (Å²) in [5, 5.41) is 0. The Morgan fingerprint density at radius 3 is 2.71 bits per heavy atom. The molecule has 2 nitrogen and oxygen atoms in total. The number of nitrogens with zero attached hydrogens (tertiary/aromatic N) is 1. The Bertz CT molecular complexity index is 459. The molecule has 1 aromatic carbocycles. The highest BCUT2D eigenvalue weighted by atomic mass is 32.1. The fourth-order valence-electron chi connectivity index (χ4n) is 2.29. The highest BCUT2D eigenvalue weighted by molar-refractivity contribution is 7.80. The van der Waals surface area contributed by atoms with E-state index in [2.05, 4.69) is 26.5 Å². The minimum atomic E-state index is -0.398. The number of hydrogen-bond donors (Lipinski definition) is 1. The van der Waals surface area contributed by atoms with E-state index >= 15 is 0 Å². The van der Waals surface area contributed by atoms with Crippen LogP contribution in [0.2, 0.25) is 0 Å². The van der Waals surface area contributed by atoms with E-state index in [1.165, 1.54) is 18.2 Å². The van der Waals surface area contributed by atoms with Gasteiger partial charge in [0.25, 0.3) is 5.91 Å². The summed E-state index contributed by atoms with van der Waals surface area (Å²) in [5.74, 6) is -0.437. The van der Waals surface area contributed by atoms with Gasteiger partial charge in [-0.2, -0.15) is 0 Å². The van der Waals surface area contributed by atoms with Crippen molar-refractivity contribution in [2.24, 2.45) is 0 Å².